The van der Waals surface area contributed by atoms with E-state index in [0.717, 1.165) is 40.7 Å². The molecule has 0 bridgehead atoms. The third kappa shape index (κ3) is 3.27. The van der Waals surface area contributed by atoms with Crippen molar-refractivity contribution in [2.45, 2.75) is 12.8 Å². The van der Waals surface area contributed by atoms with Crippen LogP contribution < -0.4 is 0 Å². The van der Waals surface area contributed by atoms with Crippen LogP contribution in [0.15, 0.2) is 57.8 Å². The number of nitrogens with zero attached hydrogens (tertiary/aromatic N) is 2. The van der Waals surface area contributed by atoms with Crippen molar-refractivity contribution < 1.29 is 4.39 Å². The number of hydrogen-bond acceptors (Lipinski definition) is 2. The molecule has 4 heteroatoms. The average Bonchev–Trinajstić information content (AvgIpc) is 2.51. The summed E-state index contributed by atoms with van der Waals surface area (Å²) in [6, 6.07) is 8.99. The molecule has 1 aliphatic rings. The quantitative estimate of drug-likeness (QED) is 0.778. The molecule has 2 nitrogen and oxygen atoms in total. The highest BCUT2D eigenvalue weighted by molar-refractivity contribution is 9.10. The van der Waals surface area contributed by atoms with E-state index in [1.165, 1.54) is 6.07 Å². The number of halogens is 2. The molecule has 0 fully saturated rings. The molecule has 1 aromatic carbocycles. The van der Waals surface area contributed by atoms with Crippen molar-refractivity contribution in [1.29, 1.82) is 0 Å². The van der Waals surface area contributed by atoms with Crippen molar-refractivity contribution in [1.82, 2.24) is 4.98 Å². The second kappa shape index (κ2) is 6.31. The van der Waals surface area contributed by atoms with Gasteiger partial charge in [-0.3, -0.25) is 9.98 Å². The number of hydrogen-bond donors (Lipinski definition) is 0. The summed E-state index contributed by atoms with van der Waals surface area (Å²) >= 11 is 3.28. The summed E-state index contributed by atoms with van der Waals surface area (Å²) in [6.07, 6.45) is 7.34. The average molecular weight is 345 g/mol. The summed E-state index contributed by atoms with van der Waals surface area (Å²) in [5, 5.41) is 0. The van der Waals surface area contributed by atoms with Gasteiger partial charge in [-0.1, -0.05) is 22.0 Å². The number of benzene rings is 1. The first-order chi connectivity index (χ1) is 10.2. The standard InChI is InChI=1S/C17H14BrFN2/c18-15-6-5-12(16(19)10-15)9-13-3-2-8-21-17(13)14-4-1-7-20-11-14/h1,4-7,9-11H,2-3,8H2/b13-9+. The Morgan fingerprint density at radius 3 is 2.90 bits per heavy atom. The fourth-order valence-corrected chi connectivity index (χ4v) is 2.74. The van der Waals surface area contributed by atoms with Crippen molar-refractivity contribution >= 4 is 27.7 Å². The van der Waals surface area contributed by atoms with Crippen LogP contribution in [-0.4, -0.2) is 17.2 Å². The van der Waals surface area contributed by atoms with E-state index in [2.05, 4.69) is 25.9 Å². The lowest BCUT2D eigenvalue weighted by Gasteiger charge is -2.16. The number of rotatable bonds is 2. The number of pyridine rings is 1. The smallest absolute Gasteiger partial charge is 0.131 e. The molecule has 0 atom stereocenters. The third-order valence-electron chi connectivity index (χ3n) is 3.41. The van der Waals surface area contributed by atoms with Crippen molar-refractivity contribution in [3.8, 4) is 0 Å². The van der Waals surface area contributed by atoms with Gasteiger partial charge in [-0.2, -0.15) is 0 Å². The molecule has 2 heterocycles. The highest BCUT2D eigenvalue weighted by atomic mass is 79.9. The van der Waals surface area contributed by atoms with Gasteiger partial charge in [0.1, 0.15) is 5.82 Å². The zero-order chi connectivity index (χ0) is 14.7. The molecule has 0 radical (unpaired) electrons. The Hall–Kier alpha value is -1.81. The van der Waals surface area contributed by atoms with Crippen molar-refractivity contribution in [2.24, 2.45) is 4.99 Å². The summed E-state index contributed by atoms with van der Waals surface area (Å²) in [5.74, 6) is -0.229. The lowest BCUT2D eigenvalue weighted by atomic mass is 9.95. The molecule has 0 saturated carbocycles. The van der Waals surface area contributed by atoms with Gasteiger partial charge in [0.25, 0.3) is 0 Å². The summed E-state index contributed by atoms with van der Waals surface area (Å²) < 4.78 is 14.8. The summed E-state index contributed by atoms with van der Waals surface area (Å²) in [5.41, 5.74) is 3.57. The Labute approximate surface area is 131 Å². The largest absolute Gasteiger partial charge is 0.284 e. The predicted octanol–water partition coefficient (Wildman–Crippen LogP) is 4.65. The van der Waals surface area contributed by atoms with Gasteiger partial charge in [0.05, 0.1) is 5.71 Å². The van der Waals surface area contributed by atoms with Crippen LogP contribution in [0.4, 0.5) is 4.39 Å². The molecular formula is C17H14BrFN2. The van der Waals surface area contributed by atoms with E-state index in [-0.39, 0.29) is 5.82 Å². The van der Waals surface area contributed by atoms with Crippen LogP contribution >= 0.6 is 15.9 Å². The van der Waals surface area contributed by atoms with Gasteiger partial charge in [0, 0.05) is 34.5 Å². The zero-order valence-corrected chi connectivity index (χ0v) is 13.0. The molecule has 0 aliphatic carbocycles. The molecule has 0 spiro atoms. The molecule has 106 valence electrons. The van der Waals surface area contributed by atoms with Gasteiger partial charge in [-0.05, 0) is 48.8 Å². The lowest BCUT2D eigenvalue weighted by molar-refractivity contribution is 0.624. The molecule has 2 aromatic rings. The first-order valence-corrected chi connectivity index (χ1v) is 7.64. The van der Waals surface area contributed by atoms with E-state index in [1.54, 1.807) is 18.5 Å². The molecule has 1 aromatic heterocycles. The van der Waals surface area contributed by atoms with Gasteiger partial charge in [-0.15, -0.1) is 0 Å². The molecule has 0 saturated heterocycles. The Bertz CT molecular complexity index is 708. The van der Waals surface area contributed by atoms with E-state index in [4.69, 9.17) is 0 Å². The Morgan fingerprint density at radius 1 is 1.24 bits per heavy atom. The van der Waals surface area contributed by atoms with Gasteiger partial charge in [0.2, 0.25) is 0 Å². The van der Waals surface area contributed by atoms with Crippen LogP contribution in [0.1, 0.15) is 24.0 Å². The normalized spacial score (nSPS) is 16.9. The molecule has 3 rings (SSSR count). The van der Waals surface area contributed by atoms with E-state index in [9.17, 15) is 4.39 Å². The maximum Gasteiger partial charge on any atom is 0.131 e. The molecule has 21 heavy (non-hydrogen) atoms. The van der Waals surface area contributed by atoms with Crippen molar-refractivity contribution in [3.05, 3.63) is 69.7 Å². The number of allylic oxidation sites excluding steroid dienone is 1. The maximum absolute atomic E-state index is 14.0. The fraction of sp³-hybridized carbons (Fsp3) is 0.176. The minimum atomic E-state index is -0.229. The van der Waals surface area contributed by atoms with Gasteiger partial charge >= 0.3 is 0 Å². The van der Waals surface area contributed by atoms with Gasteiger partial charge in [0.15, 0.2) is 0 Å². The van der Waals surface area contributed by atoms with E-state index in [1.807, 2.05) is 24.3 Å². The van der Waals surface area contributed by atoms with Crippen molar-refractivity contribution in [3.63, 3.8) is 0 Å². The highest BCUT2D eigenvalue weighted by Crippen LogP contribution is 2.24. The lowest BCUT2D eigenvalue weighted by Crippen LogP contribution is -2.12. The van der Waals surface area contributed by atoms with Crippen molar-refractivity contribution in [2.75, 3.05) is 6.54 Å². The SMILES string of the molecule is Fc1cc(Br)ccc1/C=C1\CCCN=C1c1cccnc1. The molecule has 0 amide bonds. The van der Waals surface area contributed by atoms with Crippen LogP contribution in [0.3, 0.4) is 0 Å². The topological polar surface area (TPSA) is 25.2 Å². The summed E-state index contributed by atoms with van der Waals surface area (Å²) in [6.45, 7) is 0.810. The Kier molecular flexibility index (Phi) is 4.25. The van der Waals surface area contributed by atoms with Crippen LogP contribution in [-0.2, 0) is 0 Å². The van der Waals surface area contributed by atoms with E-state index >= 15 is 0 Å². The van der Waals surface area contributed by atoms with Crippen LogP contribution in [0, 0.1) is 5.82 Å². The first-order valence-electron chi connectivity index (χ1n) is 6.85. The van der Waals surface area contributed by atoms with Gasteiger partial charge in [-0.25, -0.2) is 4.39 Å². The van der Waals surface area contributed by atoms with E-state index in [0.29, 0.717) is 5.56 Å². The van der Waals surface area contributed by atoms with Crippen LogP contribution in [0.5, 0.6) is 0 Å². The molecular weight excluding hydrogens is 331 g/mol. The maximum atomic E-state index is 14.0. The minimum absolute atomic E-state index is 0.229. The Balaban J connectivity index is 2.01. The number of aliphatic imine (C=N–C) groups is 1. The second-order valence-electron chi connectivity index (χ2n) is 4.91. The highest BCUT2D eigenvalue weighted by Gasteiger charge is 2.15. The molecule has 0 N–H and O–H groups in total. The van der Waals surface area contributed by atoms with Crippen LogP contribution in [0.25, 0.3) is 6.08 Å². The summed E-state index contributed by atoms with van der Waals surface area (Å²) in [7, 11) is 0. The predicted molar refractivity (Wildman–Crippen MR) is 87.0 cm³/mol. The zero-order valence-electron chi connectivity index (χ0n) is 11.4. The van der Waals surface area contributed by atoms with Crippen LogP contribution in [0.2, 0.25) is 0 Å². The van der Waals surface area contributed by atoms with E-state index < -0.39 is 0 Å². The first kappa shape index (κ1) is 14.1. The fourth-order valence-electron chi connectivity index (χ4n) is 2.41. The minimum Gasteiger partial charge on any atom is -0.284 e. The second-order valence-corrected chi connectivity index (χ2v) is 5.83. The molecule has 0 unspecified atom stereocenters. The summed E-state index contributed by atoms with van der Waals surface area (Å²) in [4.78, 5) is 8.74. The number of aromatic nitrogens is 1. The third-order valence-corrected chi connectivity index (χ3v) is 3.90. The monoisotopic (exact) mass is 344 g/mol. The van der Waals surface area contributed by atoms with Gasteiger partial charge < -0.3 is 0 Å². The molecule has 1 aliphatic heterocycles. The Morgan fingerprint density at radius 2 is 2.14 bits per heavy atom.